The molecule has 0 N–H and O–H groups in total. The predicted octanol–water partition coefficient (Wildman–Crippen LogP) is 4.21. The van der Waals surface area contributed by atoms with E-state index in [1.807, 2.05) is 30.5 Å². The average molecular weight is 298 g/mol. The van der Waals surface area contributed by atoms with E-state index in [0.717, 1.165) is 33.9 Å². The molecule has 2 aromatic carbocycles. The van der Waals surface area contributed by atoms with Crippen molar-refractivity contribution in [3.63, 3.8) is 0 Å². The summed E-state index contributed by atoms with van der Waals surface area (Å²) < 4.78 is 2.26. The van der Waals surface area contributed by atoms with Crippen LogP contribution in [0.5, 0.6) is 0 Å². The number of hydrogen-bond acceptors (Lipinski definition) is 3. The van der Waals surface area contributed by atoms with E-state index in [4.69, 9.17) is 4.98 Å². The van der Waals surface area contributed by atoms with Gasteiger partial charge in [-0.15, -0.1) is 0 Å². The Morgan fingerprint density at radius 2 is 1.65 bits per heavy atom. The predicted molar refractivity (Wildman–Crippen MR) is 91.5 cm³/mol. The molecule has 0 saturated heterocycles. The molecule has 1 aliphatic rings. The summed E-state index contributed by atoms with van der Waals surface area (Å²) in [6.07, 6.45) is 1.83. The minimum absolute atomic E-state index is 0.712. The molecule has 4 nitrogen and oxygen atoms in total. The van der Waals surface area contributed by atoms with Crippen LogP contribution < -0.4 is 4.90 Å². The van der Waals surface area contributed by atoms with Gasteiger partial charge in [0.15, 0.2) is 0 Å². The lowest BCUT2D eigenvalue weighted by atomic mass is 10.1. The molecule has 0 saturated carbocycles. The van der Waals surface area contributed by atoms with Gasteiger partial charge >= 0.3 is 0 Å². The molecule has 2 aromatic heterocycles. The Balaban J connectivity index is 1.80. The summed E-state index contributed by atoms with van der Waals surface area (Å²) in [6, 6.07) is 22.7. The zero-order chi connectivity index (χ0) is 15.2. The Kier molecular flexibility index (Phi) is 2.52. The molecule has 0 radical (unpaired) electrons. The van der Waals surface area contributed by atoms with Gasteiger partial charge in [0.1, 0.15) is 18.3 Å². The topological polar surface area (TPSA) is 34.0 Å². The summed E-state index contributed by atoms with van der Waals surface area (Å²) in [5.41, 5.74) is 4.47. The van der Waals surface area contributed by atoms with Gasteiger partial charge in [-0.3, -0.25) is 0 Å². The van der Waals surface area contributed by atoms with Crippen molar-refractivity contribution in [1.82, 2.24) is 14.5 Å². The molecular formula is C19H14N4. The monoisotopic (exact) mass is 298 g/mol. The summed E-state index contributed by atoms with van der Waals surface area (Å²) in [6.45, 7) is 0.712. The van der Waals surface area contributed by atoms with Gasteiger partial charge in [0, 0.05) is 11.8 Å². The largest absolute Gasteiger partial charge is 0.307 e. The third-order valence-electron chi connectivity index (χ3n) is 4.30. The first-order valence-electron chi connectivity index (χ1n) is 7.65. The Morgan fingerprint density at radius 1 is 0.826 bits per heavy atom. The Labute approximate surface area is 133 Å². The molecule has 0 fully saturated rings. The first-order chi connectivity index (χ1) is 11.4. The van der Waals surface area contributed by atoms with E-state index < -0.39 is 0 Å². The van der Waals surface area contributed by atoms with Crippen molar-refractivity contribution in [3.8, 4) is 11.4 Å². The number of pyridine rings is 1. The van der Waals surface area contributed by atoms with Gasteiger partial charge in [0.25, 0.3) is 0 Å². The number of rotatable bonds is 1. The van der Waals surface area contributed by atoms with E-state index in [0.29, 0.717) is 6.67 Å². The molecule has 0 atom stereocenters. The molecule has 110 valence electrons. The molecule has 3 heterocycles. The smallest absolute Gasteiger partial charge is 0.144 e. The van der Waals surface area contributed by atoms with Crippen LogP contribution in [0.3, 0.4) is 0 Å². The van der Waals surface area contributed by atoms with Crippen molar-refractivity contribution in [2.75, 3.05) is 4.90 Å². The van der Waals surface area contributed by atoms with Crippen LogP contribution in [0.25, 0.3) is 22.4 Å². The average Bonchev–Trinajstić information content (AvgIpc) is 3.01. The molecular weight excluding hydrogens is 284 g/mol. The minimum atomic E-state index is 0.712. The maximum atomic E-state index is 4.84. The highest BCUT2D eigenvalue weighted by molar-refractivity contribution is 5.87. The van der Waals surface area contributed by atoms with E-state index in [1.54, 1.807) is 0 Å². The van der Waals surface area contributed by atoms with Gasteiger partial charge in [-0.2, -0.15) is 0 Å². The summed E-state index contributed by atoms with van der Waals surface area (Å²) in [4.78, 5) is 11.6. The molecule has 23 heavy (non-hydrogen) atoms. The van der Waals surface area contributed by atoms with Crippen molar-refractivity contribution in [2.24, 2.45) is 0 Å². The highest BCUT2D eigenvalue weighted by Gasteiger charge is 2.26. The van der Waals surface area contributed by atoms with Gasteiger partial charge in [0.2, 0.25) is 0 Å². The summed E-state index contributed by atoms with van der Waals surface area (Å²) in [7, 11) is 0. The van der Waals surface area contributed by atoms with Crippen LogP contribution in [0.2, 0.25) is 0 Å². The molecule has 0 aliphatic carbocycles. The molecule has 0 bridgehead atoms. The number of aromatic nitrogens is 3. The van der Waals surface area contributed by atoms with Crippen LogP contribution in [-0.2, 0) is 6.67 Å². The number of nitrogens with zero attached hydrogens (tertiary/aromatic N) is 4. The number of anilines is 2. The van der Waals surface area contributed by atoms with E-state index >= 15 is 0 Å². The third kappa shape index (κ3) is 1.78. The molecule has 1 aliphatic heterocycles. The molecule has 0 unspecified atom stereocenters. The van der Waals surface area contributed by atoms with Gasteiger partial charge in [0.05, 0.1) is 16.7 Å². The van der Waals surface area contributed by atoms with Crippen molar-refractivity contribution in [3.05, 3.63) is 72.9 Å². The first kappa shape index (κ1) is 12.4. The lowest BCUT2D eigenvalue weighted by Gasteiger charge is -2.31. The highest BCUT2D eigenvalue weighted by Crippen LogP contribution is 2.40. The summed E-state index contributed by atoms with van der Waals surface area (Å²) >= 11 is 0. The number of fused-ring (bicyclic) bond motifs is 5. The molecule has 0 amide bonds. The maximum Gasteiger partial charge on any atom is 0.144 e. The summed E-state index contributed by atoms with van der Waals surface area (Å²) in [5.74, 6) is 1.97. The van der Waals surface area contributed by atoms with E-state index in [-0.39, 0.29) is 0 Å². The normalized spacial score (nSPS) is 13.0. The minimum Gasteiger partial charge on any atom is -0.307 e. The van der Waals surface area contributed by atoms with Gasteiger partial charge in [-0.1, -0.05) is 30.3 Å². The third-order valence-corrected chi connectivity index (χ3v) is 4.30. The fourth-order valence-electron chi connectivity index (χ4n) is 3.25. The van der Waals surface area contributed by atoms with E-state index in [2.05, 4.69) is 56.9 Å². The van der Waals surface area contributed by atoms with Crippen LogP contribution in [0, 0.1) is 0 Å². The van der Waals surface area contributed by atoms with Crippen LogP contribution in [0.15, 0.2) is 72.9 Å². The standard InChI is InChI=1S/C19H14N4/c1-3-9-16-14(7-1)19-21-15-8-2-4-10-17(15)23(19)13-22(16)18-11-5-6-12-20-18/h1-12H,13H2. The number of imidazole rings is 1. The number of para-hydroxylation sites is 3. The van der Waals surface area contributed by atoms with Crippen LogP contribution in [0.4, 0.5) is 11.5 Å². The fraction of sp³-hybridized carbons (Fsp3) is 0.0526. The second kappa shape index (κ2) is 4.68. The Bertz CT molecular complexity index is 1000. The lowest BCUT2D eigenvalue weighted by Crippen LogP contribution is -2.26. The van der Waals surface area contributed by atoms with Gasteiger partial charge < -0.3 is 9.47 Å². The second-order valence-corrected chi connectivity index (χ2v) is 5.63. The number of benzene rings is 2. The quantitative estimate of drug-likeness (QED) is 0.528. The molecule has 4 heteroatoms. The highest BCUT2D eigenvalue weighted by atomic mass is 15.3. The number of hydrogen-bond donors (Lipinski definition) is 0. The van der Waals surface area contributed by atoms with Crippen molar-refractivity contribution in [2.45, 2.75) is 6.67 Å². The Morgan fingerprint density at radius 3 is 2.57 bits per heavy atom. The zero-order valence-corrected chi connectivity index (χ0v) is 12.4. The van der Waals surface area contributed by atoms with Crippen LogP contribution >= 0.6 is 0 Å². The lowest BCUT2D eigenvalue weighted by molar-refractivity contribution is 0.711. The maximum absolute atomic E-state index is 4.84. The van der Waals surface area contributed by atoms with Crippen molar-refractivity contribution < 1.29 is 0 Å². The molecule has 0 spiro atoms. The van der Waals surface area contributed by atoms with Crippen LogP contribution in [0.1, 0.15) is 0 Å². The van der Waals surface area contributed by atoms with Crippen molar-refractivity contribution >= 4 is 22.5 Å². The Hall–Kier alpha value is -3.14. The zero-order valence-electron chi connectivity index (χ0n) is 12.4. The molecule has 5 rings (SSSR count). The first-order valence-corrected chi connectivity index (χ1v) is 7.65. The van der Waals surface area contributed by atoms with Gasteiger partial charge in [-0.05, 0) is 36.4 Å². The van der Waals surface area contributed by atoms with E-state index in [9.17, 15) is 0 Å². The van der Waals surface area contributed by atoms with Crippen molar-refractivity contribution in [1.29, 1.82) is 0 Å². The van der Waals surface area contributed by atoms with Gasteiger partial charge in [-0.25, -0.2) is 9.97 Å². The van der Waals surface area contributed by atoms with Crippen LogP contribution in [-0.4, -0.2) is 14.5 Å². The SMILES string of the molecule is c1ccc(N2Cn3c(nc4ccccc43)-c3ccccc32)nc1. The van der Waals surface area contributed by atoms with E-state index in [1.165, 1.54) is 0 Å². The summed E-state index contributed by atoms with van der Waals surface area (Å²) in [5, 5.41) is 0. The molecule has 4 aromatic rings. The fourth-order valence-corrected chi connectivity index (χ4v) is 3.25. The second-order valence-electron chi connectivity index (χ2n) is 5.63.